The summed E-state index contributed by atoms with van der Waals surface area (Å²) < 4.78 is 0. The van der Waals surface area contributed by atoms with Gasteiger partial charge in [-0.25, -0.2) is 9.97 Å². The maximum atomic E-state index is 14.0. The Labute approximate surface area is 192 Å². The fourth-order valence-electron chi connectivity index (χ4n) is 5.69. The summed E-state index contributed by atoms with van der Waals surface area (Å²) in [7, 11) is 0. The zero-order valence-electron chi connectivity index (χ0n) is 18.4. The first kappa shape index (κ1) is 20.7. The van der Waals surface area contributed by atoms with Gasteiger partial charge >= 0.3 is 0 Å². The molecule has 1 heterocycles. The number of benzene rings is 2. The molecule has 1 amide bonds. The van der Waals surface area contributed by atoms with Gasteiger partial charge in [0.15, 0.2) is 0 Å². The predicted molar refractivity (Wildman–Crippen MR) is 126 cm³/mol. The topological polar surface area (TPSA) is 54.9 Å². The summed E-state index contributed by atoms with van der Waals surface area (Å²) in [6, 6.07) is 9.43. The molecule has 2 aliphatic rings. The Bertz CT molecular complexity index is 1290. The Balaban J connectivity index is 1.72. The third kappa shape index (κ3) is 2.46. The van der Waals surface area contributed by atoms with E-state index in [1.807, 2.05) is 0 Å². The number of aryl methyl sites for hydroxylation is 2. The van der Waals surface area contributed by atoms with E-state index in [2.05, 4.69) is 52.1 Å². The lowest BCUT2D eigenvalue weighted by atomic mass is 9.63. The van der Waals surface area contributed by atoms with E-state index in [0.29, 0.717) is 15.7 Å². The molecule has 1 N–H and O–H groups in total. The Morgan fingerprint density at radius 2 is 1.58 bits per heavy atom. The van der Waals surface area contributed by atoms with E-state index in [9.17, 15) is 4.79 Å². The molecule has 4 nitrogen and oxygen atoms in total. The van der Waals surface area contributed by atoms with Gasteiger partial charge in [-0.05, 0) is 67.5 Å². The van der Waals surface area contributed by atoms with Crippen molar-refractivity contribution in [1.82, 2.24) is 9.97 Å². The van der Waals surface area contributed by atoms with Crippen LogP contribution in [-0.2, 0) is 15.6 Å². The summed E-state index contributed by atoms with van der Waals surface area (Å²) in [4.78, 5) is 24.1. The normalized spacial score (nSPS) is 25.6. The molecule has 0 spiro atoms. The van der Waals surface area contributed by atoms with Crippen molar-refractivity contribution in [3.05, 3.63) is 62.9 Å². The van der Waals surface area contributed by atoms with Crippen LogP contribution in [0.5, 0.6) is 0 Å². The second-order valence-electron chi connectivity index (χ2n) is 9.76. The summed E-state index contributed by atoms with van der Waals surface area (Å²) in [6.07, 6.45) is 1.60. The number of hydrogen-bond donors (Lipinski definition) is 1. The largest absolute Gasteiger partial charge is 0.324 e. The molecule has 31 heavy (non-hydrogen) atoms. The van der Waals surface area contributed by atoms with E-state index in [1.54, 1.807) is 18.2 Å². The molecule has 1 fully saturated rings. The molecule has 1 saturated carbocycles. The van der Waals surface area contributed by atoms with E-state index in [1.165, 1.54) is 11.1 Å². The lowest BCUT2D eigenvalue weighted by Gasteiger charge is -2.39. The van der Waals surface area contributed by atoms with Gasteiger partial charge in [-0.2, -0.15) is 0 Å². The molecule has 2 bridgehead atoms. The number of anilines is 1. The van der Waals surface area contributed by atoms with E-state index >= 15 is 0 Å². The van der Waals surface area contributed by atoms with Crippen molar-refractivity contribution >= 4 is 45.8 Å². The van der Waals surface area contributed by atoms with Crippen molar-refractivity contribution < 1.29 is 4.79 Å². The second-order valence-corrected chi connectivity index (χ2v) is 10.5. The number of rotatable bonds is 2. The monoisotopic (exact) mass is 453 g/mol. The summed E-state index contributed by atoms with van der Waals surface area (Å²) in [6.45, 7) is 10.7. The molecule has 0 radical (unpaired) electrons. The van der Waals surface area contributed by atoms with Crippen LogP contribution >= 0.6 is 23.2 Å². The van der Waals surface area contributed by atoms with Gasteiger partial charge in [-0.3, -0.25) is 4.79 Å². The highest BCUT2D eigenvalue weighted by atomic mass is 35.5. The molecule has 6 heteroatoms. The van der Waals surface area contributed by atoms with E-state index < -0.39 is 5.41 Å². The van der Waals surface area contributed by atoms with Gasteiger partial charge in [0.1, 0.15) is 0 Å². The number of aromatic nitrogens is 2. The van der Waals surface area contributed by atoms with Crippen LogP contribution in [-0.4, -0.2) is 15.9 Å². The number of fused-ring (bicyclic) bond motifs is 6. The summed E-state index contributed by atoms with van der Waals surface area (Å²) >= 11 is 12.6. The van der Waals surface area contributed by atoms with Gasteiger partial charge in [0.2, 0.25) is 5.91 Å². The lowest BCUT2D eigenvalue weighted by Crippen LogP contribution is -2.48. The molecule has 2 unspecified atom stereocenters. The minimum Gasteiger partial charge on any atom is -0.324 e. The number of nitrogens with one attached hydrogen (secondary N) is 1. The molecule has 0 aliphatic heterocycles. The van der Waals surface area contributed by atoms with Crippen LogP contribution in [0.3, 0.4) is 0 Å². The number of carbonyl (C=O) groups is 1. The number of carbonyl (C=O) groups excluding carboxylic acids is 1. The SMILES string of the molecule is Cc1cc2nc3c(nc2cc1C)C1(C(=O)Nc2cccc(Cl)c2Cl)CCC3(C)C1(C)C. The summed E-state index contributed by atoms with van der Waals surface area (Å²) in [5.41, 5.74) is 4.97. The molecule has 1 aromatic heterocycles. The minimum atomic E-state index is -0.789. The zero-order valence-corrected chi connectivity index (χ0v) is 19.9. The maximum absolute atomic E-state index is 14.0. The Hall–Kier alpha value is -2.17. The van der Waals surface area contributed by atoms with Crippen LogP contribution in [0.2, 0.25) is 10.0 Å². The average molecular weight is 454 g/mol. The molecule has 5 rings (SSSR count). The first-order valence-electron chi connectivity index (χ1n) is 10.6. The van der Waals surface area contributed by atoms with E-state index in [0.717, 1.165) is 35.3 Å². The van der Waals surface area contributed by atoms with Gasteiger partial charge < -0.3 is 5.32 Å². The van der Waals surface area contributed by atoms with Crippen molar-refractivity contribution in [3.8, 4) is 0 Å². The van der Waals surface area contributed by atoms with Crippen LogP contribution in [0.4, 0.5) is 5.69 Å². The van der Waals surface area contributed by atoms with Gasteiger partial charge in [-0.15, -0.1) is 0 Å². The highest BCUT2D eigenvalue weighted by Gasteiger charge is 2.73. The average Bonchev–Trinajstić information content (AvgIpc) is 3.00. The fraction of sp³-hybridized carbons (Fsp3) is 0.400. The minimum absolute atomic E-state index is 0.0957. The second kappa shape index (κ2) is 6.43. The fourth-order valence-corrected chi connectivity index (χ4v) is 6.04. The van der Waals surface area contributed by atoms with Crippen LogP contribution in [0.15, 0.2) is 30.3 Å². The van der Waals surface area contributed by atoms with Gasteiger partial charge in [0, 0.05) is 5.41 Å². The van der Waals surface area contributed by atoms with Crippen LogP contribution in [0.25, 0.3) is 11.0 Å². The number of nitrogens with zero attached hydrogens (tertiary/aromatic N) is 2. The Morgan fingerprint density at radius 3 is 2.23 bits per heavy atom. The highest BCUT2D eigenvalue weighted by molar-refractivity contribution is 6.44. The lowest BCUT2D eigenvalue weighted by molar-refractivity contribution is -0.125. The number of halogens is 2. The first-order chi connectivity index (χ1) is 14.5. The first-order valence-corrected chi connectivity index (χ1v) is 11.3. The van der Waals surface area contributed by atoms with Crippen LogP contribution in [0, 0.1) is 19.3 Å². The van der Waals surface area contributed by atoms with E-state index in [4.69, 9.17) is 33.2 Å². The van der Waals surface area contributed by atoms with Crippen molar-refractivity contribution in [2.45, 2.75) is 58.3 Å². The van der Waals surface area contributed by atoms with Crippen molar-refractivity contribution in [2.75, 3.05) is 5.32 Å². The standard InChI is InChI=1S/C25H25Cl2N3O/c1-13-11-17-18(12-14(13)2)29-21-20(28-17)24(5)9-10-25(21,23(24,3)4)22(31)30-16-8-6-7-15(26)19(16)27/h6-8,11-12H,9-10H2,1-5H3,(H,30,31). The smallest absolute Gasteiger partial charge is 0.237 e. The molecule has 2 aromatic carbocycles. The molecule has 0 saturated heterocycles. The van der Waals surface area contributed by atoms with Crippen molar-refractivity contribution in [1.29, 1.82) is 0 Å². The Morgan fingerprint density at radius 1 is 0.968 bits per heavy atom. The Kier molecular flexibility index (Phi) is 4.30. The van der Waals surface area contributed by atoms with Crippen LogP contribution < -0.4 is 5.32 Å². The highest BCUT2D eigenvalue weighted by Crippen LogP contribution is 2.70. The van der Waals surface area contributed by atoms with Crippen LogP contribution in [0.1, 0.15) is 56.1 Å². The third-order valence-corrected chi connectivity index (χ3v) is 9.06. The third-order valence-electron chi connectivity index (χ3n) is 8.24. The molecule has 2 atom stereocenters. The maximum Gasteiger partial charge on any atom is 0.237 e. The number of hydrogen-bond acceptors (Lipinski definition) is 3. The molecular weight excluding hydrogens is 429 g/mol. The quantitative estimate of drug-likeness (QED) is 0.480. The van der Waals surface area contributed by atoms with E-state index in [-0.39, 0.29) is 16.7 Å². The summed E-state index contributed by atoms with van der Waals surface area (Å²) in [5.74, 6) is -0.0957. The van der Waals surface area contributed by atoms with Gasteiger partial charge in [0.05, 0.1) is 43.6 Å². The van der Waals surface area contributed by atoms with Gasteiger partial charge in [-0.1, -0.05) is 50.0 Å². The van der Waals surface area contributed by atoms with Crippen molar-refractivity contribution in [3.63, 3.8) is 0 Å². The molecular formula is C25H25Cl2N3O. The van der Waals surface area contributed by atoms with Gasteiger partial charge in [0.25, 0.3) is 0 Å². The molecule has 160 valence electrons. The predicted octanol–water partition coefficient (Wildman–Crippen LogP) is 6.52. The number of amides is 1. The zero-order chi connectivity index (χ0) is 22.3. The summed E-state index contributed by atoms with van der Waals surface area (Å²) in [5, 5.41) is 3.83. The molecule has 3 aromatic rings. The molecule has 2 aliphatic carbocycles. The van der Waals surface area contributed by atoms with Crippen molar-refractivity contribution in [2.24, 2.45) is 5.41 Å².